The van der Waals surface area contributed by atoms with E-state index in [4.69, 9.17) is 0 Å². The number of aliphatic hydroxyl groups excluding tert-OH is 1. The van der Waals surface area contributed by atoms with E-state index in [0.717, 1.165) is 13.0 Å². The molecule has 0 aromatic rings. The molecule has 1 fully saturated rings. The van der Waals surface area contributed by atoms with Crippen molar-refractivity contribution in [3.63, 3.8) is 0 Å². The lowest BCUT2D eigenvalue weighted by Crippen LogP contribution is -2.38. The van der Waals surface area contributed by atoms with Crippen LogP contribution in [0.5, 0.6) is 0 Å². The summed E-state index contributed by atoms with van der Waals surface area (Å²) in [6, 6.07) is 0.658. The molecule has 1 aliphatic rings. The highest BCUT2D eigenvalue weighted by atomic mass is 16.3. The fraction of sp³-hybridized carbons (Fsp3) is 1.00. The van der Waals surface area contributed by atoms with Crippen LogP contribution in [0.15, 0.2) is 0 Å². The molecule has 0 spiro atoms. The van der Waals surface area contributed by atoms with Crippen molar-refractivity contribution in [2.24, 2.45) is 0 Å². The van der Waals surface area contributed by atoms with Crippen molar-refractivity contribution in [3.05, 3.63) is 0 Å². The molecule has 0 amide bonds. The predicted molar refractivity (Wildman–Crippen MR) is 74.0 cm³/mol. The number of nitrogens with zero attached hydrogens (tertiary/aromatic N) is 1. The number of rotatable bonds is 9. The summed E-state index contributed by atoms with van der Waals surface area (Å²) in [5.41, 5.74) is 0. The van der Waals surface area contributed by atoms with Crippen LogP contribution in [-0.2, 0) is 0 Å². The monoisotopic (exact) mass is 241 g/mol. The van der Waals surface area contributed by atoms with Crippen molar-refractivity contribution in [2.45, 2.75) is 90.3 Å². The van der Waals surface area contributed by atoms with Crippen LogP contribution in [0, 0.1) is 0 Å². The quantitative estimate of drug-likeness (QED) is 0.618. The largest absolute Gasteiger partial charge is 0.378 e. The average molecular weight is 241 g/mol. The molecule has 0 aliphatic carbocycles. The highest BCUT2D eigenvalue weighted by molar-refractivity contribution is 4.80. The van der Waals surface area contributed by atoms with Gasteiger partial charge in [-0.3, -0.25) is 4.90 Å². The molecular formula is C15H31NO. The van der Waals surface area contributed by atoms with E-state index in [0.29, 0.717) is 6.04 Å². The van der Waals surface area contributed by atoms with Gasteiger partial charge in [0.15, 0.2) is 0 Å². The minimum Gasteiger partial charge on any atom is -0.378 e. The molecule has 2 heteroatoms. The second kappa shape index (κ2) is 8.93. The zero-order valence-corrected chi connectivity index (χ0v) is 11.8. The molecule has 2 nitrogen and oxygen atoms in total. The second-order valence-electron chi connectivity index (χ2n) is 5.51. The molecule has 1 N–H and O–H groups in total. The van der Waals surface area contributed by atoms with Crippen LogP contribution < -0.4 is 0 Å². The number of unbranched alkanes of at least 4 members (excludes halogenated alkanes) is 4. The lowest BCUT2D eigenvalue weighted by Gasteiger charge is -2.29. The third kappa shape index (κ3) is 5.39. The van der Waals surface area contributed by atoms with Gasteiger partial charge in [0.2, 0.25) is 0 Å². The SMILES string of the molecule is CCCCCCCC(O)N1CCCC1CCC. The Balaban J connectivity index is 2.15. The topological polar surface area (TPSA) is 23.5 Å². The first-order chi connectivity index (χ1) is 8.29. The van der Waals surface area contributed by atoms with E-state index in [1.165, 1.54) is 57.8 Å². The van der Waals surface area contributed by atoms with Crippen molar-refractivity contribution in [2.75, 3.05) is 6.54 Å². The normalized spacial score (nSPS) is 23.1. The van der Waals surface area contributed by atoms with Gasteiger partial charge >= 0.3 is 0 Å². The zero-order chi connectivity index (χ0) is 12.5. The van der Waals surface area contributed by atoms with Gasteiger partial charge in [0.25, 0.3) is 0 Å². The summed E-state index contributed by atoms with van der Waals surface area (Å²) in [4.78, 5) is 2.35. The number of aliphatic hydroxyl groups is 1. The van der Waals surface area contributed by atoms with Crippen molar-refractivity contribution in [1.82, 2.24) is 4.90 Å². The number of hydrogen-bond acceptors (Lipinski definition) is 2. The molecule has 1 aliphatic heterocycles. The molecule has 0 aromatic heterocycles. The van der Waals surface area contributed by atoms with Gasteiger partial charge < -0.3 is 5.11 Å². The van der Waals surface area contributed by atoms with Crippen LogP contribution in [0.25, 0.3) is 0 Å². The van der Waals surface area contributed by atoms with Crippen molar-refractivity contribution < 1.29 is 5.11 Å². The van der Waals surface area contributed by atoms with Gasteiger partial charge in [-0.1, -0.05) is 46.0 Å². The maximum absolute atomic E-state index is 10.2. The highest BCUT2D eigenvalue weighted by Gasteiger charge is 2.28. The van der Waals surface area contributed by atoms with E-state index >= 15 is 0 Å². The van der Waals surface area contributed by atoms with Crippen molar-refractivity contribution in [3.8, 4) is 0 Å². The number of likely N-dealkylation sites (tertiary alicyclic amines) is 1. The summed E-state index contributed by atoms with van der Waals surface area (Å²) in [5, 5.41) is 10.2. The summed E-state index contributed by atoms with van der Waals surface area (Å²) >= 11 is 0. The summed E-state index contributed by atoms with van der Waals surface area (Å²) in [6.07, 6.45) is 12.3. The van der Waals surface area contributed by atoms with Crippen LogP contribution in [-0.4, -0.2) is 28.8 Å². The Hall–Kier alpha value is -0.0800. The average Bonchev–Trinajstić information content (AvgIpc) is 2.77. The first-order valence-corrected chi connectivity index (χ1v) is 7.73. The minimum atomic E-state index is -0.171. The second-order valence-corrected chi connectivity index (χ2v) is 5.51. The molecule has 0 aromatic carbocycles. The van der Waals surface area contributed by atoms with Crippen LogP contribution in [0.3, 0.4) is 0 Å². The molecule has 1 rings (SSSR count). The van der Waals surface area contributed by atoms with Gasteiger partial charge in [-0.2, -0.15) is 0 Å². The molecule has 0 bridgehead atoms. The molecule has 2 atom stereocenters. The Bertz CT molecular complexity index is 184. The van der Waals surface area contributed by atoms with Gasteiger partial charge in [-0.15, -0.1) is 0 Å². The van der Waals surface area contributed by atoms with E-state index in [-0.39, 0.29) is 6.23 Å². The first-order valence-electron chi connectivity index (χ1n) is 7.73. The van der Waals surface area contributed by atoms with Crippen molar-refractivity contribution >= 4 is 0 Å². The smallest absolute Gasteiger partial charge is 0.107 e. The summed E-state index contributed by atoms with van der Waals surface area (Å²) in [7, 11) is 0. The molecule has 0 saturated carbocycles. The van der Waals surface area contributed by atoms with E-state index in [1.54, 1.807) is 0 Å². The van der Waals surface area contributed by atoms with E-state index in [2.05, 4.69) is 18.7 Å². The Morgan fingerprint density at radius 2 is 1.88 bits per heavy atom. The fourth-order valence-corrected chi connectivity index (χ4v) is 2.99. The standard InChI is InChI=1S/C15H31NO/c1-3-5-6-7-8-12-15(17)16-13-9-11-14(16)10-4-2/h14-15,17H,3-13H2,1-2H3. The highest BCUT2D eigenvalue weighted by Crippen LogP contribution is 2.24. The maximum Gasteiger partial charge on any atom is 0.107 e. The van der Waals surface area contributed by atoms with Gasteiger partial charge in [0.05, 0.1) is 0 Å². The van der Waals surface area contributed by atoms with E-state index in [1.807, 2.05) is 0 Å². The van der Waals surface area contributed by atoms with Crippen LogP contribution in [0.1, 0.15) is 78.1 Å². The third-order valence-corrected chi connectivity index (χ3v) is 3.99. The first kappa shape index (κ1) is 15.0. The van der Waals surface area contributed by atoms with E-state index in [9.17, 15) is 5.11 Å². The Morgan fingerprint density at radius 1 is 1.12 bits per heavy atom. The Kier molecular flexibility index (Phi) is 7.87. The van der Waals surface area contributed by atoms with Crippen LogP contribution in [0.2, 0.25) is 0 Å². The fourth-order valence-electron chi connectivity index (χ4n) is 2.99. The van der Waals surface area contributed by atoms with Crippen LogP contribution in [0.4, 0.5) is 0 Å². The molecular weight excluding hydrogens is 210 g/mol. The molecule has 0 radical (unpaired) electrons. The maximum atomic E-state index is 10.2. The lowest BCUT2D eigenvalue weighted by atomic mass is 10.1. The number of hydrogen-bond donors (Lipinski definition) is 1. The molecule has 17 heavy (non-hydrogen) atoms. The van der Waals surface area contributed by atoms with Gasteiger partial charge in [0, 0.05) is 12.6 Å². The summed E-state index contributed by atoms with van der Waals surface area (Å²) in [6.45, 7) is 5.60. The lowest BCUT2D eigenvalue weighted by molar-refractivity contribution is -0.0142. The molecule has 1 heterocycles. The molecule has 1 saturated heterocycles. The minimum absolute atomic E-state index is 0.171. The predicted octanol–water partition coefficient (Wildman–Crippen LogP) is 3.93. The zero-order valence-electron chi connectivity index (χ0n) is 11.8. The van der Waals surface area contributed by atoms with Gasteiger partial charge in [0.1, 0.15) is 6.23 Å². The van der Waals surface area contributed by atoms with Gasteiger partial charge in [-0.05, 0) is 32.1 Å². The van der Waals surface area contributed by atoms with Crippen LogP contribution >= 0.6 is 0 Å². The van der Waals surface area contributed by atoms with E-state index < -0.39 is 0 Å². The molecule has 102 valence electrons. The van der Waals surface area contributed by atoms with Crippen molar-refractivity contribution in [1.29, 1.82) is 0 Å². The Labute approximate surface area is 107 Å². The third-order valence-electron chi connectivity index (χ3n) is 3.99. The Morgan fingerprint density at radius 3 is 2.59 bits per heavy atom. The molecule has 2 unspecified atom stereocenters. The summed E-state index contributed by atoms with van der Waals surface area (Å²) < 4.78 is 0. The van der Waals surface area contributed by atoms with Gasteiger partial charge in [-0.25, -0.2) is 0 Å². The summed E-state index contributed by atoms with van der Waals surface area (Å²) in [5.74, 6) is 0.